The molecule has 1 aromatic carbocycles. The number of rotatable bonds is 3. The monoisotopic (exact) mass is 375 g/mol. The number of hydrogen-bond donors (Lipinski definition) is 2. The number of urea groups is 1. The Labute approximate surface area is 160 Å². The van der Waals surface area contributed by atoms with Gasteiger partial charge in [0.1, 0.15) is 12.4 Å². The number of carbonyl (C=O) groups is 2. The van der Waals surface area contributed by atoms with Gasteiger partial charge in [0, 0.05) is 26.2 Å². The predicted molar refractivity (Wildman–Crippen MR) is 102 cm³/mol. The molecule has 1 saturated heterocycles. The summed E-state index contributed by atoms with van der Waals surface area (Å²) >= 11 is 0. The van der Waals surface area contributed by atoms with E-state index in [0.717, 1.165) is 22.4 Å². The van der Waals surface area contributed by atoms with Crippen molar-refractivity contribution in [1.82, 2.24) is 15.1 Å². The number of fused-ring (bicyclic) bond motifs is 1. The number of aliphatic hydroxyl groups is 1. The molecule has 2 aliphatic heterocycles. The number of carbonyl (C=O) groups excluding carboxylic acids is 2. The molecule has 2 N–H and O–H groups in total. The lowest BCUT2D eigenvalue weighted by Crippen LogP contribution is -2.54. The summed E-state index contributed by atoms with van der Waals surface area (Å²) < 4.78 is 5.80. The zero-order valence-electron chi connectivity index (χ0n) is 16.5. The average molecular weight is 375 g/mol. The first kappa shape index (κ1) is 19.5. The number of likely N-dealkylation sites (tertiary alicyclic amines) is 1. The van der Waals surface area contributed by atoms with Gasteiger partial charge in [0.25, 0.3) is 0 Å². The lowest BCUT2D eigenvalue weighted by molar-refractivity contribution is -0.135. The summed E-state index contributed by atoms with van der Waals surface area (Å²) in [6.45, 7) is 5.19. The van der Waals surface area contributed by atoms with Gasteiger partial charge in [0.05, 0.1) is 24.6 Å². The molecule has 0 radical (unpaired) electrons. The third-order valence-corrected chi connectivity index (χ3v) is 5.60. The Kier molecular flexibility index (Phi) is 5.33. The summed E-state index contributed by atoms with van der Waals surface area (Å²) in [5.74, 6) is 0.718. The number of nitrogens with one attached hydrogen (secondary N) is 1. The molecule has 7 heteroatoms. The van der Waals surface area contributed by atoms with Crippen molar-refractivity contribution in [1.29, 1.82) is 0 Å². The maximum Gasteiger partial charge on any atom is 0.318 e. The number of piperidine rings is 1. The fourth-order valence-electron chi connectivity index (χ4n) is 3.76. The van der Waals surface area contributed by atoms with Gasteiger partial charge in [-0.15, -0.1) is 0 Å². The van der Waals surface area contributed by atoms with E-state index < -0.39 is 5.60 Å². The molecule has 1 aromatic rings. The van der Waals surface area contributed by atoms with E-state index in [-0.39, 0.29) is 30.9 Å². The van der Waals surface area contributed by atoms with E-state index in [9.17, 15) is 14.7 Å². The minimum atomic E-state index is -1.17. The summed E-state index contributed by atoms with van der Waals surface area (Å²) in [7, 11) is 3.33. The molecule has 2 unspecified atom stereocenters. The van der Waals surface area contributed by atoms with Gasteiger partial charge >= 0.3 is 6.03 Å². The van der Waals surface area contributed by atoms with Crippen molar-refractivity contribution in [2.45, 2.75) is 44.8 Å². The van der Waals surface area contributed by atoms with Crippen LogP contribution in [0.4, 0.5) is 4.79 Å². The maximum absolute atomic E-state index is 12.8. The van der Waals surface area contributed by atoms with Crippen molar-refractivity contribution >= 4 is 11.9 Å². The van der Waals surface area contributed by atoms with E-state index in [1.807, 2.05) is 26.0 Å². The van der Waals surface area contributed by atoms with E-state index >= 15 is 0 Å². The number of amides is 3. The molecule has 27 heavy (non-hydrogen) atoms. The van der Waals surface area contributed by atoms with Crippen LogP contribution in [0.1, 0.15) is 42.0 Å². The Balaban J connectivity index is 1.66. The fraction of sp³-hybridized carbons (Fsp3) is 0.600. The van der Waals surface area contributed by atoms with Crippen molar-refractivity contribution in [2.24, 2.45) is 0 Å². The Hall–Kier alpha value is -2.28. The van der Waals surface area contributed by atoms with E-state index in [4.69, 9.17) is 4.74 Å². The van der Waals surface area contributed by atoms with Gasteiger partial charge in [-0.25, -0.2) is 4.79 Å². The molecule has 0 bridgehead atoms. The van der Waals surface area contributed by atoms with Crippen molar-refractivity contribution < 1.29 is 19.4 Å². The Bertz CT molecular complexity index is 749. The van der Waals surface area contributed by atoms with E-state index in [1.165, 1.54) is 4.90 Å². The van der Waals surface area contributed by atoms with Crippen LogP contribution in [-0.4, -0.2) is 66.2 Å². The number of β-amino-alcohol motifs (C(OH)–C–C–N with tert-alkyl or cyclic N) is 1. The topological polar surface area (TPSA) is 82.1 Å². The molecule has 2 atom stereocenters. The fourth-order valence-corrected chi connectivity index (χ4v) is 3.76. The second kappa shape index (κ2) is 7.38. The van der Waals surface area contributed by atoms with Crippen LogP contribution in [0.2, 0.25) is 0 Å². The van der Waals surface area contributed by atoms with E-state index in [0.29, 0.717) is 26.0 Å². The Morgan fingerprint density at radius 2 is 2.11 bits per heavy atom. The molecule has 3 rings (SSSR count). The zero-order chi connectivity index (χ0) is 19.8. The Morgan fingerprint density at radius 1 is 1.37 bits per heavy atom. The zero-order valence-corrected chi connectivity index (χ0v) is 16.5. The summed E-state index contributed by atoms with van der Waals surface area (Å²) in [5, 5.41) is 13.8. The summed E-state index contributed by atoms with van der Waals surface area (Å²) in [6.07, 6.45) is 1.21. The number of nitrogens with zero attached hydrogens (tertiary/aromatic N) is 2. The van der Waals surface area contributed by atoms with Crippen LogP contribution in [0, 0.1) is 13.8 Å². The van der Waals surface area contributed by atoms with Crippen molar-refractivity contribution in [3.63, 3.8) is 0 Å². The number of aryl methyl sites for hydroxylation is 1. The lowest BCUT2D eigenvalue weighted by Gasteiger charge is -2.39. The highest BCUT2D eigenvalue weighted by Crippen LogP contribution is 2.37. The van der Waals surface area contributed by atoms with Gasteiger partial charge in [0.2, 0.25) is 5.91 Å². The maximum atomic E-state index is 12.8. The lowest BCUT2D eigenvalue weighted by atomic mass is 9.89. The smallest absolute Gasteiger partial charge is 0.318 e. The summed E-state index contributed by atoms with van der Waals surface area (Å²) in [5.41, 5.74) is 2.07. The molecule has 0 saturated carbocycles. The number of benzene rings is 1. The van der Waals surface area contributed by atoms with Crippen LogP contribution in [0.5, 0.6) is 5.75 Å². The highest BCUT2D eigenvalue weighted by molar-refractivity contribution is 5.78. The van der Waals surface area contributed by atoms with Crippen LogP contribution in [0.25, 0.3) is 0 Å². The second-order valence-electron chi connectivity index (χ2n) is 7.95. The van der Waals surface area contributed by atoms with Crippen LogP contribution >= 0.6 is 0 Å². The average Bonchev–Trinajstić information content (AvgIpc) is 3.01. The summed E-state index contributed by atoms with van der Waals surface area (Å²) in [4.78, 5) is 27.8. The van der Waals surface area contributed by atoms with Gasteiger partial charge in [-0.3, -0.25) is 4.79 Å². The van der Waals surface area contributed by atoms with Crippen LogP contribution in [0.15, 0.2) is 12.1 Å². The Morgan fingerprint density at radius 3 is 2.81 bits per heavy atom. The van der Waals surface area contributed by atoms with Crippen LogP contribution in [-0.2, 0) is 4.79 Å². The van der Waals surface area contributed by atoms with Gasteiger partial charge in [-0.05, 0) is 37.8 Å². The molecule has 0 aliphatic carbocycles. The number of hydrogen-bond acceptors (Lipinski definition) is 4. The molecule has 1 fully saturated rings. The molecule has 3 amide bonds. The van der Waals surface area contributed by atoms with Crippen molar-refractivity contribution in [3.05, 3.63) is 28.8 Å². The second-order valence-corrected chi connectivity index (χ2v) is 7.95. The molecule has 0 aromatic heterocycles. The van der Waals surface area contributed by atoms with Gasteiger partial charge in [-0.1, -0.05) is 12.1 Å². The molecular formula is C20H29N3O4. The SMILES string of the molecule is Cc1ccc2c(c1C)OCC2NC(=O)N1CCCC(O)(CC(=O)N(C)C)C1. The van der Waals surface area contributed by atoms with E-state index in [2.05, 4.69) is 5.32 Å². The first-order chi connectivity index (χ1) is 12.7. The predicted octanol–water partition coefficient (Wildman–Crippen LogP) is 1.75. The van der Waals surface area contributed by atoms with Crippen LogP contribution < -0.4 is 10.1 Å². The van der Waals surface area contributed by atoms with E-state index in [1.54, 1.807) is 19.0 Å². The van der Waals surface area contributed by atoms with Crippen molar-refractivity contribution in [2.75, 3.05) is 33.8 Å². The normalized spacial score (nSPS) is 24.2. The molecule has 7 nitrogen and oxygen atoms in total. The van der Waals surface area contributed by atoms with Gasteiger partial charge in [0.15, 0.2) is 0 Å². The highest BCUT2D eigenvalue weighted by atomic mass is 16.5. The minimum Gasteiger partial charge on any atom is -0.490 e. The molecule has 2 heterocycles. The molecular weight excluding hydrogens is 346 g/mol. The number of ether oxygens (including phenoxy) is 1. The molecule has 148 valence electrons. The highest BCUT2D eigenvalue weighted by Gasteiger charge is 2.38. The third kappa shape index (κ3) is 4.03. The van der Waals surface area contributed by atoms with Crippen molar-refractivity contribution in [3.8, 4) is 5.75 Å². The summed E-state index contributed by atoms with van der Waals surface area (Å²) in [6, 6.07) is 3.60. The van der Waals surface area contributed by atoms with Gasteiger partial charge in [-0.2, -0.15) is 0 Å². The first-order valence-corrected chi connectivity index (χ1v) is 9.41. The molecule has 2 aliphatic rings. The standard InChI is InChI=1S/C20H29N3O4/c1-13-6-7-15-16(11-27-18(15)14(13)2)21-19(25)23-9-5-8-20(26,12-23)10-17(24)22(3)4/h6-7,16,26H,5,8-12H2,1-4H3,(H,21,25). The largest absolute Gasteiger partial charge is 0.490 e. The molecule has 0 spiro atoms. The quantitative estimate of drug-likeness (QED) is 0.843. The third-order valence-electron chi connectivity index (χ3n) is 5.60. The van der Waals surface area contributed by atoms with Gasteiger partial charge < -0.3 is 25.0 Å². The minimum absolute atomic E-state index is 0.0254. The first-order valence-electron chi connectivity index (χ1n) is 9.41. The van der Waals surface area contributed by atoms with Crippen LogP contribution in [0.3, 0.4) is 0 Å².